The van der Waals surface area contributed by atoms with Crippen LogP contribution in [0.2, 0.25) is 0 Å². The van der Waals surface area contributed by atoms with Gasteiger partial charge in [-0.1, -0.05) is 47.2 Å². The fraction of sp³-hybridized carbons (Fsp3) is 0.167. The number of anilines is 1. The quantitative estimate of drug-likeness (QED) is 0.144. The fourth-order valence-electron chi connectivity index (χ4n) is 4.48. The van der Waals surface area contributed by atoms with Crippen LogP contribution in [0, 0.1) is 13.8 Å². The summed E-state index contributed by atoms with van der Waals surface area (Å²) in [6, 6.07) is 17.0. The van der Waals surface area contributed by atoms with E-state index in [9.17, 15) is 19.5 Å². The predicted molar refractivity (Wildman–Crippen MR) is 149 cm³/mol. The summed E-state index contributed by atoms with van der Waals surface area (Å²) in [7, 11) is 1.25. The number of aliphatic hydroxyl groups excluding tert-OH is 1. The summed E-state index contributed by atoms with van der Waals surface area (Å²) in [5, 5.41) is 11.5. The van der Waals surface area contributed by atoms with E-state index >= 15 is 0 Å². The summed E-state index contributed by atoms with van der Waals surface area (Å²) in [5.74, 6) is -2.12. The lowest BCUT2D eigenvalue weighted by Gasteiger charge is -2.22. The van der Waals surface area contributed by atoms with E-state index in [-0.39, 0.29) is 21.3 Å². The second-order valence-electron chi connectivity index (χ2n) is 9.16. The van der Waals surface area contributed by atoms with Crippen LogP contribution in [0.3, 0.4) is 0 Å². The lowest BCUT2D eigenvalue weighted by molar-refractivity contribution is -0.132. The number of carbonyl (C=O) groups is 3. The first-order valence-corrected chi connectivity index (χ1v) is 13.2. The van der Waals surface area contributed by atoms with Crippen LogP contribution in [0.4, 0.5) is 5.13 Å². The van der Waals surface area contributed by atoms with Crippen LogP contribution in [-0.4, -0.2) is 39.8 Å². The number of aliphatic hydroxyl groups is 1. The molecule has 0 radical (unpaired) electrons. The predicted octanol–water partition coefficient (Wildman–Crippen LogP) is 5.15. The van der Waals surface area contributed by atoms with Gasteiger partial charge in [0, 0.05) is 18.0 Å². The largest absolute Gasteiger partial charge is 0.507 e. The number of benzene rings is 2. The van der Waals surface area contributed by atoms with Gasteiger partial charge in [0.15, 0.2) is 5.13 Å². The molecule has 1 atom stereocenters. The van der Waals surface area contributed by atoms with Gasteiger partial charge >= 0.3 is 11.9 Å². The van der Waals surface area contributed by atoms with Gasteiger partial charge in [0.25, 0.3) is 5.78 Å². The minimum Gasteiger partial charge on any atom is -0.507 e. The second kappa shape index (κ2) is 11.1. The topological polar surface area (TPSA) is 119 Å². The highest BCUT2D eigenvalue weighted by Crippen LogP contribution is 2.43. The van der Waals surface area contributed by atoms with E-state index < -0.39 is 23.7 Å². The van der Waals surface area contributed by atoms with E-state index in [0.717, 1.165) is 22.5 Å². The molecule has 1 amide bonds. The number of hydrogen-bond donors (Lipinski definition) is 1. The molecule has 10 heteroatoms. The average Bonchev–Trinajstić information content (AvgIpc) is 3.48. The number of hydrogen-bond acceptors (Lipinski definition) is 9. The van der Waals surface area contributed by atoms with Crippen molar-refractivity contribution in [3.05, 3.63) is 111 Å². The van der Waals surface area contributed by atoms with Gasteiger partial charge in [0.1, 0.15) is 23.0 Å². The van der Waals surface area contributed by atoms with Gasteiger partial charge in [-0.25, -0.2) is 9.78 Å². The summed E-state index contributed by atoms with van der Waals surface area (Å²) in [6.07, 6.45) is 3.08. The second-order valence-corrected chi connectivity index (χ2v) is 10.1. The monoisotopic (exact) mass is 555 g/mol. The van der Waals surface area contributed by atoms with Gasteiger partial charge < -0.3 is 14.6 Å². The number of ether oxygens (including phenoxy) is 2. The maximum absolute atomic E-state index is 13.4. The molecule has 2 aromatic heterocycles. The van der Waals surface area contributed by atoms with E-state index in [0.29, 0.717) is 29.2 Å². The van der Waals surface area contributed by atoms with Crippen LogP contribution in [0.1, 0.15) is 43.7 Å². The number of methoxy groups -OCH3 is 1. The Morgan fingerprint density at radius 1 is 1.07 bits per heavy atom. The summed E-state index contributed by atoms with van der Waals surface area (Å²) in [6.45, 7) is 4.00. The number of carbonyl (C=O) groups excluding carboxylic acids is 3. The molecule has 1 saturated heterocycles. The van der Waals surface area contributed by atoms with E-state index in [1.165, 1.54) is 18.2 Å². The zero-order valence-corrected chi connectivity index (χ0v) is 22.8. The number of pyridine rings is 1. The molecule has 1 aliphatic rings. The molecule has 4 aromatic rings. The van der Waals surface area contributed by atoms with Crippen molar-refractivity contribution in [2.24, 2.45) is 0 Å². The molecule has 0 bridgehead atoms. The molecule has 0 aliphatic carbocycles. The average molecular weight is 556 g/mol. The molecule has 0 spiro atoms. The number of thiazole rings is 1. The molecular formula is C30H25N3O6S. The highest BCUT2D eigenvalue weighted by atomic mass is 32.1. The molecule has 1 aliphatic heterocycles. The maximum Gasteiger partial charge on any atom is 0.350 e. The van der Waals surface area contributed by atoms with E-state index in [2.05, 4.69) is 9.97 Å². The summed E-state index contributed by atoms with van der Waals surface area (Å²) < 4.78 is 10.7. The van der Waals surface area contributed by atoms with Crippen LogP contribution in [0.15, 0.2) is 78.6 Å². The molecule has 1 fully saturated rings. The van der Waals surface area contributed by atoms with Crippen LogP contribution < -0.4 is 9.64 Å². The summed E-state index contributed by atoms with van der Waals surface area (Å²) >= 11 is 0.936. The third kappa shape index (κ3) is 5.08. The Morgan fingerprint density at radius 3 is 2.52 bits per heavy atom. The fourth-order valence-corrected chi connectivity index (χ4v) is 5.50. The Hall–Kier alpha value is -4.83. The maximum atomic E-state index is 13.4. The molecule has 2 aromatic carbocycles. The van der Waals surface area contributed by atoms with E-state index in [1.807, 2.05) is 31.2 Å². The first-order valence-electron chi connectivity index (χ1n) is 12.3. The van der Waals surface area contributed by atoms with Crippen molar-refractivity contribution in [2.45, 2.75) is 26.5 Å². The minimum absolute atomic E-state index is 0.112. The van der Waals surface area contributed by atoms with Gasteiger partial charge in [-0.2, -0.15) is 0 Å². The molecule has 9 nitrogen and oxygen atoms in total. The number of esters is 1. The molecule has 0 saturated carbocycles. The van der Waals surface area contributed by atoms with Crippen molar-refractivity contribution >= 4 is 39.9 Å². The normalized spacial score (nSPS) is 16.3. The van der Waals surface area contributed by atoms with Crippen LogP contribution in [0.5, 0.6) is 5.75 Å². The Bertz CT molecular complexity index is 1630. The number of amides is 1. The zero-order chi connectivity index (χ0) is 28.4. The minimum atomic E-state index is -1.01. The Kier molecular flexibility index (Phi) is 7.43. The Morgan fingerprint density at radius 2 is 1.85 bits per heavy atom. The SMILES string of the molecule is COC(=O)c1sc(N2C(=O)C(=O)C(=C(O)c3ccc(OCc4cccc(C)c4)cc3)[C@@H]2c2cccnc2)nc1C. The Balaban J connectivity index is 1.51. The smallest absolute Gasteiger partial charge is 0.350 e. The van der Waals surface area contributed by atoms with Gasteiger partial charge in [0.2, 0.25) is 0 Å². The van der Waals surface area contributed by atoms with Crippen molar-refractivity contribution in [3.8, 4) is 5.75 Å². The summed E-state index contributed by atoms with van der Waals surface area (Å²) in [4.78, 5) is 48.8. The number of Topliss-reactive ketones (excluding diaryl/α,β-unsaturated/α-hetero) is 1. The zero-order valence-electron chi connectivity index (χ0n) is 22.0. The summed E-state index contributed by atoms with van der Waals surface area (Å²) in [5.41, 5.74) is 3.24. The number of aryl methyl sites for hydroxylation is 2. The van der Waals surface area contributed by atoms with Gasteiger partial charge in [-0.3, -0.25) is 19.5 Å². The molecule has 1 N–H and O–H groups in total. The van der Waals surface area contributed by atoms with Crippen LogP contribution in [-0.2, 0) is 20.9 Å². The number of ketones is 1. The molecular weight excluding hydrogens is 530 g/mol. The molecule has 40 heavy (non-hydrogen) atoms. The highest BCUT2D eigenvalue weighted by molar-refractivity contribution is 7.17. The first kappa shape index (κ1) is 26.8. The van der Waals surface area contributed by atoms with Gasteiger partial charge in [-0.05, 0) is 55.3 Å². The van der Waals surface area contributed by atoms with E-state index in [4.69, 9.17) is 9.47 Å². The number of rotatable bonds is 7. The standard InChI is InChI=1S/C30H25N3O6S/c1-17-6-4-7-19(14-17)16-39-22-11-9-20(10-12-22)25(34)23-24(21-8-5-13-31-15-21)33(28(36)26(23)35)30-32-18(2)27(40-30)29(37)38-3/h4-15,24,34H,16H2,1-3H3/t24-/m0/s1. The molecule has 0 unspecified atom stereocenters. The third-order valence-electron chi connectivity index (χ3n) is 6.42. The Labute approximate surface area is 234 Å². The highest BCUT2D eigenvalue weighted by Gasteiger charge is 2.48. The van der Waals surface area contributed by atoms with Crippen molar-refractivity contribution in [1.82, 2.24) is 9.97 Å². The third-order valence-corrected chi connectivity index (χ3v) is 7.56. The molecule has 5 rings (SSSR count). The number of nitrogens with zero attached hydrogens (tertiary/aromatic N) is 3. The molecule has 3 heterocycles. The van der Waals surface area contributed by atoms with Crippen molar-refractivity contribution in [3.63, 3.8) is 0 Å². The van der Waals surface area contributed by atoms with Gasteiger partial charge in [0.05, 0.1) is 24.4 Å². The van der Waals surface area contributed by atoms with Crippen molar-refractivity contribution < 1.29 is 29.0 Å². The lowest BCUT2D eigenvalue weighted by atomic mass is 9.96. The van der Waals surface area contributed by atoms with Crippen LogP contribution in [0.25, 0.3) is 5.76 Å². The van der Waals surface area contributed by atoms with Crippen molar-refractivity contribution in [2.75, 3.05) is 12.0 Å². The van der Waals surface area contributed by atoms with Crippen LogP contribution >= 0.6 is 11.3 Å². The van der Waals surface area contributed by atoms with E-state index in [1.54, 1.807) is 49.5 Å². The lowest BCUT2D eigenvalue weighted by Crippen LogP contribution is -2.29. The van der Waals surface area contributed by atoms with Gasteiger partial charge in [-0.15, -0.1) is 0 Å². The molecule has 202 valence electrons. The first-order chi connectivity index (χ1) is 19.3. The van der Waals surface area contributed by atoms with Crippen molar-refractivity contribution in [1.29, 1.82) is 0 Å². The number of aromatic nitrogens is 2.